The van der Waals surface area contributed by atoms with E-state index in [-0.39, 0.29) is 11.6 Å². The number of hydrogen-bond acceptors (Lipinski definition) is 3. The van der Waals surface area contributed by atoms with Crippen LogP contribution in [-0.4, -0.2) is 13.2 Å². The average molecular weight is 767 g/mol. The lowest BCUT2D eigenvalue weighted by Gasteiger charge is -2.28. The molecule has 0 aromatic heterocycles. The Bertz CT molecular complexity index is 1640. The third-order valence-electron chi connectivity index (χ3n) is 12.6. The van der Waals surface area contributed by atoms with Crippen molar-refractivity contribution in [3.8, 4) is 11.5 Å². The molecule has 4 aromatic rings. The van der Waals surface area contributed by atoms with Crippen LogP contribution in [0.2, 0.25) is 0 Å². The number of unbranched alkanes of at least 4 members (excludes halogenated alkanes) is 2. The minimum Gasteiger partial charge on any atom is -0.493 e. The second kappa shape index (κ2) is 20.7. The Morgan fingerprint density at radius 1 is 0.509 bits per heavy atom. The van der Waals surface area contributed by atoms with Crippen molar-refractivity contribution in [3.05, 3.63) is 118 Å². The van der Waals surface area contributed by atoms with E-state index in [0.29, 0.717) is 70.3 Å². The summed E-state index contributed by atoms with van der Waals surface area (Å²) in [7, 11) is 0. The Hall–Kier alpha value is -3.31. The Kier molecular flexibility index (Phi) is 15.6. The van der Waals surface area contributed by atoms with Gasteiger partial charge in [0.05, 0.1) is 13.2 Å². The topological polar surface area (TPSA) is 18.5 Å². The minimum atomic E-state index is -0.339. The van der Waals surface area contributed by atoms with Crippen LogP contribution in [-0.2, 0) is 12.8 Å². The number of halogens is 2. The van der Waals surface area contributed by atoms with Crippen molar-refractivity contribution in [2.75, 3.05) is 13.2 Å². The van der Waals surface area contributed by atoms with Gasteiger partial charge in [-0.05, 0) is 134 Å². The minimum absolute atomic E-state index is 0.339. The van der Waals surface area contributed by atoms with Crippen molar-refractivity contribution in [3.63, 3.8) is 0 Å². The van der Waals surface area contributed by atoms with Gasteiger partial charge in [0, 0.05) is 33.8 Å². The second-order valence-corrected chi connectivity index (χ2v) is 17.4. The highest BCUT2D eigenvalue weighted by atomic mass is 32.2. The fourth-order valence-electron chi connectivity index (χ4n) is 8.72. The zero-order valence-corrected chi connectivity index (χ0v) is 34.8. The van der Waals surface area contributed by atoms with Crippen LogP contribution in [0.5, 0.6) is 11.5 Å². The van der Waals surface area contributed by atoms with Crippen molar-refractivity contribution in [1.82, 2.24) is 0 Å². The molecule has 5 heteroatoms. The molecule has 0 aliphatic heterocycles. The van der Waals surface area contributed by atoms with E-state index in [0.717, 1.165) is 60.4 Å². The molecule has 0 spiro atoms. The van der Waals surface area contributed by atoms with Gasteiger partial charge in [0.2, 0.25) is 0 Å². The summed E-state index contributed by atoms with van der Waals surface area (Å²) in [6.45, 7) is 9.92. The normalized spacial score (nSPS) is 20.0. The molecule has 2 aliphatic carbocycles. The first-order valence-electron chi connectivity index (χ1n) is 21.6. The molecular weight excluding hydrogens is 703 g/mol. The molecule has 0 saturated heterocycles. The van der Waals surface area contributed by atoms with Gasteiger partial charge in [0.15, 0.2) is 0 Å². The van der Waals surface area contributed by atoms with Gasteiger partial charge in [-0.2, -0.15) is 0 Å². The zero-order chi connectivity index (χ0) is 38.6. The van der Waals surface area contributed by atoms with Gasteiger partial charge in [-0.1, -0.05) is 114 Å². The maximum Gasteiger partial charge on any atom is 0.144 e. The summed E-state index contributed by atoms with van der Waals surface area (Å²) in [6.07, 6.45) is 17.4. The first-order chi connectivity index (χ1) is 26.9. The summed E-state index contributed by atoms with van der Waals surface area (Å²) < 4.78 is 45.7. The number of hydrogen-bond donors (Lipinski definition) is 0. The largest absolute Gasteiger partial charge is 0.493 e. The SMILES string of the molecule is CCCCOc1ccc(Sc2ccc(OCCCC)c(Cc3ccc([C@H]4CC[C@H](CC)CC4)cc3)c2F)c(F)c1Cc1ccc([C@H]2CC[C@H](CC)CC2)cc1. The molecule has 55 heavy (non-hydrogen) atoms. The van der Waals surface area contributed by atoms with Crippen LogP contribution in [0, 0.1) is 23.5 Å². The highest BCUT2D eigenvalue weighted by Crippen LogP contribution is 2.42. The fraction of sp³-hybridized carbons (Fsp3) is 0.520. The van der Waals surface area contributed by atoms with E-state index in [1.807, 2.05) is 12.1 Å². The van der Waals surface area contributed by atoms with Crippen molar-refractivity contribution in [1.29, 1.82) is 0 Å². The Labute approximate surface area is 335 Å². The molecule has 2 fully saturated rings. The molecule has 4 aromatic carbocycles. The number of rotatable bonds is 18. The van der Waals surface area contributed by atoms with Gasteiger partial charge in [-0.25, -0.2) is 8.78 Å². The summed E-state index contributed by atoms with van der Waals surface area (Å²) in [5.41, 5.74) is 5.94. The zero-order valence-electron chi connectivity index (χ0n) is 33.9. The van der Waals surface area contributed by atoms with Crippen LogP contribution in [0.25, 0.3) is 0 Å². The molecule has 0 unspecified atom stereocenters. The van der Waals surface area contributed by atoms with Gasteiger partial charge in [0.25, 0.3) is 0 Å². The van der Waals surface area contributed by atoms with Crippen LogP contribution >= 0.6 is 11.8 Å². The molecule has 2 aliphatic rings. The lowest BCUT2D eigenvalue weighted by molar-refractivity contribution is 0.304. The van der Waals surface area contributed by atoms with E-state index in [1.54, 1.807) is 12.1 Å². The molecule has 0 atom stereocenters. The lowest BCUT2D eigenvalue weighted by atomic mass is 9.78. The average Bonchev–Trinajstić information content (AvgIpc) is 3.23. The standard InChI is InChI=1S/C50H64F2O2S/c1-5-9-31-53-45-27-29-47(49(51)43(45)33-37-15-23-41(24-16-37)39-19-11-35(7-3)12-20-39)55-48-30-28-46(54-32-10-6-2)44(50(48)52)34-38-17-25-42(26-18-38)40-21-13-36(8-4)14-22-40/h15-18,23-30,35-36,39-40H,5-14,19-22,31-34H2,1-4H3/t35-,36-,39-,40-. The molecule has 0 radical (unpaired) electrons. The third-order valence-corrected chi connectivity index (χ3v) is 13.6. The van der Waals surface area contributed by atoms with Gasteiger partial charge < -0.3 is 9.47 Å². The summed E-state index contributed by atoms with van der Waals surface area (Å²) in [6, 6.07) is 24.8. The lowest BCUT2D eigenvalue weighted by Crippen LogP contribution is -2.12. The third kappa shape index (κ3) is 11.0. The van der Waals surface area contributed by atoms with Crippen LogP contribution < -0.4 is 9.47 Å². The van der Waals surface area contributed by atoms with Crippen LogP contribution in [0.1, 0.15) is 163 Å². The Balaban J connectivity index is 1.23. The maximum atomic E-state index is 16.7. The summed E-state index contributed by atoms with van der Waals surface area (Å²) in [5.74, 6) is 3.41. The fourth-order valence-corrected chi connectivity index (χ4v) is 9.66. The molecule has 296 valence electrons. The molecule has 0 heterocycles. The predicted molar refractivity (Wildman–Crippen MR) is 226 cm³/mol. The molecule has 0 amide bonds. The number of benzene rings is 4. The van der Waals surface area contributed by atoms with E-state index in [1.165, 1.54) is 75.3 Å². The first-order valence-corrected chi connectivity index (χ1v) is 22.5. The van der Waals surface area contributed by atoms with Crippen molar-refractivity contribution >= 4 is 11.8 Å². The quantitative estimate of drug-likeness (QED) is 0.0940. The molecule has 2 saturated carbocycles. The smallest absolute Gasteiger partial charge is 0.144 e. The molecular formula is C50H64F2O2S. The Morgan fingerprint density at radius 2 is 0.891 bits per heavy atom. The van der Waals surface area contributed by atoms with Gasteiger partial charge in [-0.3, -0.25) is 0 Å². The van der Waals surface area contributed by atoms with Crippen LogP contribution in [0.3, 0.4) is 0 Å². The van der Waals surface area contributed by atoms with Crippen LogP contribution in [0.4, 0.5) is 8.78 Å². The van der Waals surface area contributed by atoms with Gasteiger partial charge >= 0.3 is 0 Å². The van der Waals surface area contributed by atoms with E-state index < -0.39 is 0 Å². The van der Waals surface area contributed by atoms with E-state index in [2.05, 4.69) is 76.2 Å². The summed E-state index contributed by atoms with van der Waals surface area (Å²) in [5, 5.41) is 0. The first kappa shape index (κ1) is 41.3. The highest BCUT2D eigenvalue weighted by Gasteiger charge is 2.24. The molecule has 0 N–H and O–H groups in total. The van der Waals surface area contributed by atoms with E-state index >= 15 is 8.78 Å². The Morgan fingerprint density at radius 3 is 1.24 bits per heavy atom. The molecule has 2 nitrogen and oxygen atoms in total. The monoisotopic (exact) mass is 766 g/mol. The molecule has 6 rings (SSSR count). The maximum absolute atomic E-state index is 16.7. The predicted octanol–water partition coefficient (Wildman–Crippen LogP) is 15.0. The summed E-state index contributed by atoms with van der Waals surface area (Å²) in [4.78, 5) is 0.794. The van der Waals surface area contributed by atoms with Crippen molar-refractivity contribution in [2.24, 2.45) is 11.8 Å². The number of ether oxygens (including phenoxy) is 2. The van der Waals surface area contributed by atoms with E-state index in [4.69, 9.17) is 9.47 Å². The van der Waals surface area contributed by atoms with Crippen molar-refractivity contribution in [2.45, 2.75) is 152 Å². The summed E-state index contributed by atoms with van der Waals surface area (Å²) >= 11 is 1.15. The van der Waals surface area contributed by atoms with Gasteiger partial charge in [-0.15, -0.1) is 0 Å². The molecule has 0 bridgehead atoms. The van der Waals surface area contributed by atoms with Gasteiger partial charge in [0.1, 0.15) is 23.1 Å². The second-order valence-electron chi connectivity index (χ2n) is 16.3. The van der Waals surface area contributed by atoms with Crippen LogP contribution in [0.15, 0.2) is 82.6 Å². The van der Waals surface area contributed by atoms with Crippen molar-refractivity contribution < 1.29 is 18.3 Å². The van der Waals surface area contributed by atoms with E-state index in [9.17, 15) is 0 Å². The highest BCUT2D eigenvalue weighted by molar-refractivity contribution is 7.99.